The van der Waals surface area contributed by atoms with Gasteiger partial charge in [0.2, 0.25) is 0 Å². The summed E-state index contributed by atoms with van der Waals surface area (Å²) in [4.78, 5) is 2.37. The van der Waals surface area contributed by atoms with E-state index in [0.29, 0.717) is 0 Å². The van der Waals surface area contributed by atoms with Crippen LogP contribution in [0.2, 0.25) is 0 Å². The number of para-hydroxylation sites is 2. The summed E-state index contributed by atoms with van der Waals surface area (Å²) in [7, 11) is 0. The normalized spacial score (nSPS) is 13.3. The van der Waals surface area contributed by atoms with Crippen LogP contribution in [0, 0.1) is 0 Å². The minimum Gasteiger partial charge on any atom is -0.311 e. The van der Waals surface area contributed by atoms with Crippen molar-refractivity contribution in [2.75, 3.05) is 4.90 Å². The molecule has 478 valence electrons. The fourth-order valence-electron chi connectivity index (χ4n) is 15.2. The molecule has 0 saturated heterocycles. The van der Waals surface area contributed by atoms with Crippen LogP contribution in [0.4, 0.5) is 17.1 Å². The second-order valence-electron chi connectivity index (χ2n) is 34.0. The summed E-state index contributed by atoms with van der Waals surface area (Å²) in [6.07, 6.45) is 0. The zero-order valence-corrected chi connectivity index (χ0v) is 60.3. The van der Waals surface area contributed by atoms with E-state index in [9.17, 15) is 0 Å². The molecule has 16 aromatic rings. The summed E-state index contributed by atoms with van der Waals surface area (Å²) in [6, 6.07) is 82.8. The van der Waals surface area contributed by atoms with Gasteiger partial charge in [-0.1, -0.05) is 246 Å². The molecule has 0 saturated carbocycles. The lowest BCUT2D eigenvalue weighted by atomic mass is 9.78. The monoisotopic (exact) mass is 1270 g/mol. The van der Waals surface area contributed by atoms with Crippen LogP contribution in [0.1, 0.15) is 158 Å². The van der Waals surface area contributed by atoms with Crippen molar-refractivity contribution in [2.45, 2.75) is 157 Å². The van der Waals surface area contributed by atoms with Crippen molar-refractivity contribution in [2.24, 2.45) is 0 Å². The van der Waals surface area contributed by atoms with Gasteiger partial charge in [-0.2, -0.15) is 0 Å². The summed E-state index contributed by atoms with van der Waals surface area (Å²) in [5, 5.41) is 10.2. The highest BCUT2D eigenvalue weighted by Gasteiger charge is 2.31. The third-order valence-corrected chi connectivity index (χ3v) is 22.2. The molecule has 0 aliphatic rings. The number of hydrogen-bond donors (Lipinski definition) is 0. The second-order valence-corrected chi connectivity index (χ2v) is 35.1. The summed E-state index contributed by atoms with van der Waals surface area (Å²) in [5.74, 6) is 0. The van der Waals surface area contributed by atoms with Gasteiger partial charge in [-0.15, -0.1) is 11.3 Å². The SMILES string of the molecule is CC(C)(C)c1cc(-c2cc(-c3ccc(N(c4ccccc4)c4ccccc4)cc3)c3c(c2)c2cc(-c4cc(C(C)(C)C)cc(C(C)(C)C)c4)cc4c5cc6c(cc5n3c42)c2cc(-c3cc(C(C)(C)C)cc(C(C)(C)C)c3)cc3c4sc5ccccc5c4n6c23)cc(C(C)(C)C)c1. The van der Waals surface area contributed by atoms with Gasteiger partial charge in [0.05, 0.1) is 37.8 Å². The Bertz CT molecular complexity index is 5650. The minimum atomic E-state index is -0.0690. The quantitative estimate of drug-likeness (QED) is 0.155. The summed E-state index contributed by atoms with van der Waals surface area (Å²) in [6.45, 7) is 42.4. The highest BCUT2D eigenvalue weighted by molar-refractivity contribution is 7.26. The Labute approximate surface area is 571 Å². The molecule has 3 nitrogen and oxygen atoms in total. The van der Waals surface area contributed by atoms with Gasteiger partial charge in [-0.05, 0) is 196 Å². The number of benzene rings is 11. The van der Waals surface area contributed by atoms with Crippen LogP contribution in [0.25, 0.3) is 130 Å². The first-order valence-corrected chi connectivity index (χ1v) is 35.5. The van der Waals surface area contributed by atoms with Crippen molar-refractivity contribution < 1.29 is 0 Å². The van der Waals surface area contributed by atoms with Crippen molar-refractivity contribution in [3.8, 4) is 44.5 Å². The molecule has 5 heterocycles. The first-order chi connectivity index (χ1) is 45.3. The van der Waals surface area contributed by atoms with Crippen LogP contribution in [0.15, 0.2) is 212 Å². The molecular weight excluding hydrogens is 1180 g/mol. The first-order valence-electron chi connectivity index (χ1n) is 34.7. The molecule has 0 spiro atoms. The van der Waals surface area contributed by atoms with Crippen molar-refractivity contribution in [1.29, 1.82) is 0 Å². The number of rotatable bonds is 7. The molecule has 0 atom stereocenters. The van der Waals surface area contributed by atoms with E-state index >= 15 is 0 Å². The second kappa shape index (κ2) is 21.1. The van der Waals surface area contributed by atoms with Gasteiger partial charge in [0.1, 0.15) is 0 Å². The van der Waals surface area contributed by atoms with E-state index in [2.05, 4.69) is 351 Å². The van der Waals surface area contributed by atoms with Crippen LogP contribution in [-0.2, 0) is 32.5 Å². The smallest absolute Gasteiger partial charge is 0.0728 e. The number of aromatic nitrogens is 2. The van der Waals surface area contributed by atoms with E-state index in [1.54, 1.807) is 0 Å². The number of nitrogens with zero attached hydrogens (tertiary/aromatic N) is 3. The Balaban J connectivity index is 1.07. The summed E-state index contributed by atoms with van der Waals surface area (Å²) >= 11 is 1.94. The van der Waals surface area contributed by atoms with Crippen LogP contribution in [0.3, 0.4) is 0 Å². The van der Waals surface area contributed by atoms with Crippen LogP contribution >= 0.6 is 11.3 Å². The maximum absolute atomic E-state index is 2.69. The molecule has 96 heavy (non-hydrogen) atoms. The third-order valence-electron chi connectivity index (χ3n) is 21.0. The molecule has 4 heteroatoms. The summed E-state index contributed by atoms with van der Waals surface area (Å²) in [5.41, 5.74) is 28.5. The molecule has 0 fully saturated rings. The van der Waals surface area contributed by atoms with E-state index in [1.165, 1.54) is 163 Å². The molecule has 11 aromatic carbocycles. The number of hydrogen-bond acceptors (Lipinski definition) is 2. The Morgan fingerprint density at radius 2 is 0.573 bits per heavy atom. The molecule has 0 amide bonds. The van der Waals surface area contributed by atoms with Crippen molar-refractivity contribution >= 4 is 114 Å². The predicted octanol–water partition coefficient (Wildman–Crippen LogP) is 27.1. The zero-order chi connectivity index (χ0) is 67.2. The van der Waals surface area contributed by atoms with E-state index in [1.807, 2.05) is 11.3 Å². The maximum atomic E-state index is 2.69. The lowest BCUT2D eigenvalue weighted by molar-refractivity contribution is 0.568. The lowest BCUT2D eigenvalue weighted by Gasteiger charge is -2.26. The molecule has 0 bridgehead atoms. The van der Waals surface area contributed by atoms with Gasteiger partial charge in [0.15, 0.2) is 0 Å². The molecular formula is C92H89N3S. The molecule has 0 unspecified atom stereocenters. The molecule has 0 radical (unpaired) electrons. The zero-order valence-electron chi connectivity index (χ0n) is 59.5. The lowest BCUT2D eigenvalue weighted by Crippen LogP contribution is -2.16. The van der Waals surface area contributed by atoms with Gasteiger partial charge < -0.3 is 13.7 Å². The van der Waals surface area contributed by atoms with Crippen molar-refractivity contribution in [3.63, 3.8) is 0 Å². The predicted molar refractivity (Wildman–Crippen MR) is 420 cm³/mol. The number of thiophene rings is 1. The van der Waals surface area contributed by atoms with Crippen LogP contribution in [-0.4, -0.2) is 8.80 Å². The summed E-state index contributed by atoms with van der Waals surface area (Å²) < 4.78 is 8.02. The standard InChI is InChI=1S/C92H89N3S/c1-87(2,3)61-37-55(38-62(49-61)88(4,5)6)58-43-71(54-33-35-69(36-34-54)93(67-27-21-19-22-28-67)68-29-23-20-24-30-68)82-76(46-58)77-47-59(56-39-63(89(7,8)9)50-64(40-56)90(10,11)12)44-74-72-53-80-73(52-79(72)94(82)83(74)77)75-45-60(57-41-65(91(13,14)15)51-66(42-57)92(16,17)18)48-78-84(75)95(80)85-70-31-25-26-32-81(70)96-86(78)85/h19-53H,1-18H3. The van der Waals surface area contributed by atoms with Crippen molar-refractivity contribution in [3.05, 3.63) is 246 Å². The molecule has 5 aromatic heterocycles. The molecule has 16 rings (SSSR count). The van der Waals surface area contributed by atoms with Gasteiger partial charge in [-0.25, -0.2) is 0 Å². The topological polar surface area (TPSA) is 12.1 Å². The largest absolute Gasteiger partial charge is 0.311 e. The van der Waals surface area contributed by atoms with Gasteiger partial charge in [-0.3, -0.25) is 0 Å². The minimum absolute atomic E-state index is 0.0334. The highest BCUT2D eigenvalue weighted by Crippen LogP contribution is 2.53. The third kappa shape index (κ3) is 10.0. The Morgan fingerprint density at radius 1 is 0.250 bits per heavy atom. The fourth-order valence-corrected chi connectivity index (χ4v) is 16.4. The maximum Gasteiger partial charge on any atom is 0.0728 e. The molecule has 0 N–H and O–H groups in total. The van der Waals surface area contributed by atoms with Gasteiger partial charge >= 0.3 is 0 Å². The van der Waals surface area contributed by atoms with Gasteiger partial charge in [0.25, 0.3) is 0 Å². The molecule has 0 aliphatic carbocycles. The Kier molecular flexibility index (Phi) is 13.6. The average Bonchev–Trinajstić information content (AvgIpc) is 1.51. The number of fused-ring (bicyclic) bond motifs is 14. The van der Waals surface area contributed by atoms with E-state index in [-0.39, 0.29) is 32.5 Å². The fraction of sp³-hybridized carbons (Fsp3) is 0.261. The highest BCUT2D eigenvalue weighted by atomic mass is 32.1. The van der Waals surface area contributed by atoms with Crippen molar-refractivity contribution in [1.82, 2.24) is 8.80 Å². The Hall–Kier alpha value is -9.22. The van der Waals surface area contributed by atoms with E-state index in [0.717, 1.165) is 17.1 Å². The number of anilines is 3. The van der Waals surface area contributed by atoms with Crippen LogP contribution in [0.5, 0.6) is 0 Å². The Morgan fingerprint density at radius 3 is 0.990 bits per heavy atom. The van der Waals surface area contributed by atoms with E-state index < -0.39 is 0 Å². The van der Waals surface area contributed by atoms with Crippen LogP contribution < -0.4 is 4.90 Å². The van der Waals surface area contributed by atoms with Gasteiger partial charge in [0, 0.05) is 70.4 Å². The first kappa shape index (κ1) is 61.6. The molecule has 0 aliphatic heterocycles. The average molecular weight is 1270 g/mol. The van der Waals surface area contributed by atoms with E-state index in [4.69, 9.17) is 0 Å².